The number of benzene rings is 2. The number of amides is 1. The van der Waals surface area contributed by atoms with Crippen molar-refractivity contribution in [2.24, 2.45) is 0 Å². The van der Waals surface area contributed by atoms with Gasteiger partial charge < -0.3 is 11.1 Å². The molecular formula is C18H17ClN2O. The van der Waals surface area contributed by atoms with Crippen LogP contribution in [0.4, 0.5) is 11.4 Å². The molecule has 4 heteroatoms. The number of carbonyl (C=O) groups excluding carboxylic acids is 1. The van der Waals surface area contributed by atoms with Gasteiger partial charge in [-0.2, -0.15) is 0 Å². The number of fused-ring (bicyclic) bond motifs is 1. The molecule has 0 aliphatic carbocycles. The molecule has 0 saturated carbocycles. The highest BCUT2D eigenvalue weighted by Crippen LogP contribution is 2.34. The second-order valence-corrected chi connectivity index (χ2v) is 5.84. The highest BCUT2D eigenvalue weighted by Gasteiger charge is 2.23. The van der Waals surface area contributed by atoms with Gasteiger partial charge in [0.2, 0.25) is 0 Å². The van der Waals surface area contributed by atoms with E-state index in [1.54, 1.807) is 12.1 Å². The highest BCUT2D eigenvalue weighted by atomic mass is 35.5. The largest absolute Gasteiger partial charge is 0.399 e. The van der Waals surface area contributed by atoms with Crippen LogP contribution < -0.4 is 11.1 Å². The molecule has 3 nitrogen and oxygen atoms in total. The molecule has 1 aliphatic heterocycles. The minimum absolute atomic E-state index is 0.0544. The predicted octanol–water partition coefficient (Wildman–Crippen LogP) is 4.28. The lowest BCUT2D eigenvalue weighted by molar-refractivity contribution is -0.110. The fraction of sp³-hybridized carbons (Fsp3) is 0.167. The number of nitrogen functional groups attached to an aromatic ring is 1. The van der Waals surface area contributed by atoms with Crippen molar-refractivity contribution in [3.63, 3.8) is 0 Å². The van der Waals surface area contributed by atoms with Crippen molar-refractivity contribution in [2.45, 2.75) is 19.3 Å². The van der Waals surface area contributed by atoms with Crippen LogP contribution in [0.15, 0.2) is 48.5 Å². The summed E-state index contributed by atoms with van der Waals surface area (Å²) in [6.45, 7) is 0. The number of aryl methyl sites for hydroxylation is 1. The van der Waals surface area contributed by atoms with E-state index in [2.05, 4.69) is 11.4 Å². The standard InChI is InChI=1S/C18H17ClN2O/c19-13-8-9-15-16(18(22)21-17(15)11-13)7-2-1-4-12-5-3-6-14(20)10-12/h3,5-11H,1-2,4,20H2,(H,21,22)/b16-7+. The van der Waals surface area contributed by atoms with Gasteiger partial charge in [0.1, 0.15) is 0 Å². The molecule has 1 aliphatic rings. The molecule has 3 rings (SSSR count). The number of hydrogen-bond acceptors (Lipinski definition) is 2. The Morgan fingerprint density at radius 3 is 2.86 bits per heavy atom. The molecule has 0 aromatic heterocycles. The van der Waals surface area contributed by atoms with E-state index in [0.29, 0.717) is 5.02 Å². The van der Waals surface area contributed by atoms with Crippen molar-refractivity contribution in [2.75, 3.05) is 11.1 Å². The average molecular weight is 313 g/mol. The summed E-state index contributed by atoms with van der Waals surface area (Å²) < 4.78 is 0. The molecule has 0 spiro atoms. The van der Waals surface area contributed by atoms with E-state index in [0.717, 1.165) is 41.8 Å². The first-order valence-electron chi connectivity index (χ1n) is 7.29. The van der Waals surface area contributed by atoms with Crippen LogP contribution in [-0.2, 0) is 11.2 Å². The van der Waals surface area contributed by atoms with E-state index in [-0.39, 0.29) is 5.91 Å². The van der Waals surface area contributed by atoms with Crippen molar-refractivity contribution in [3.8, 4) is 0 Å². The Kier molecular flexibility index (Phi) is 4.16. The van der Waals surface area contributed by atoms with Crippen LogP contribution in [0.25, 0.3) is 5.57 Å². The first-order chi connectivity index (χ1) is 10.6. The third kappa shape index (κ3) is 3.15. The highest BCUT2D eigenvalue weighted by molar-refractivity contribution is 6.34. The van der Waals surface area contributed by atoms with E-state index < -0.39 is 0 Å². The molecule has 112 valence electrons. The summed E-state index contributed by atoms with van der Waals surface area (Å²) in [5, 5.41) is 3.47. The smallest absolute Gasteiger partial charge is 0.256 e. The minimum atomic E-state index is -0.0544. The van der Waals surface area contributed by atoms with Crippen molar-refractivity contribution in [1.82, 2.24) is 0 Å². The van der Waals surface area contributed by atoms with Gasteiger partial charge in [-0.05, 0) is 49.1 Å². The van der Waals surface area contributed by atoms with Gasteiger partial charge in [-0.1, -0.05) is 35.9 Å². The van der Waals surface area contributed by atoms with Crippen molar-refractivity contribution < 1.29 is 4.79 Å². The minimum Gasteiger partial charge on any atom is -0.399 e. The molecule has 1 amide bonds. The average Bonchev–Trinajstić information content (AvgIpc) is 2.78. The maximum atomic E-state index is 12.0. The summed E-state index contributed by atoms with van der Waals surface area (Å²) in [6.07, 6.45) is 4.77. The molecule has 3 N–H and O–H groups in total. The molecule has 0 unspecified atom stereocenters. The molecule has 0 radical (unpaired) electrons. The van der Waals surface area contributed by atoms with Gasteiger partial charge >= 0.3 is 0 Å². The number of carbonyl (C=O) groups is 1. The van der Waals surface area contributed by atoms with Crippen LogP contribution in [-0.4, -0.2) is 5.91 Å². The Morgan fingerprint density at radius 2 is 2.05 bits per heavy atom. The predicted molar refractivity (Wildman–Crippen MR) is 91.9 cm³/mol. The van der Waals surface area contributed by atoms with E-state index >= 15 is 0 Å². The summed E-state index contributed by atoms with van der Waals surface area (Å²) in [5.41, 5.74) is 10.2. The van der Waals surface area contributed by atoms with Gasteiger partial charge in [0, 0.05) is 21.8 Å². The number of nitrogens with two attached hydrogens (primary N) is 1. The van der Waals surface area contributed by atoms with Gasteiger partial charge in [-0.25, -0.2) is 0 Å². The molecule has 0 bridgehead atoms. The Labute approximate surface area is 134 Å². The summed E-state index contributed by atoms with van der Waals surface area (Å²) in [7, 11) is 0. The third-order valence-corrected chi connectivity index (χ3v) is 3.97. The van der Waals surface area contributed by atoms with E-state index in [4.69, 9.17) is 17.3 Å². The summed E-state index contributed by atoms with van der Waals surface area (Å²) in [6, 6.07) is 13.4. The van der Waals surface area contributed by atoms with Crippen molar-refractivity contribution in [3.05, 3.63) is 64.7 Å². The summed E-state index contributed by atoms with van der Waals surface area (Å²) in [4.78, 5) is 12.0. The number of halogens is 1. The molecule has 2 aromatic carbocycles. The van der Waals surface area contributed by atoms with Gasteiger partial charge in [0.15, 0.2) is 0 Å². The van der Waals surface area contributed by atoms with Gasteiger partial charge in [0.25, 0.3) is 5.91 Å². The van der Waals surface area contributed by atoms with E-state index in [1.807, 2.05) is 30.3 Å². The molecule has 0 fully saturated rings. The number of nitrogens with one attached hydrogen (secondary N) is 1. The quantitative estimate of drug-likeness (QED) is 0.503. The molecule has 22 heavy (non-hydrogen) atoms. The number of allylic oxidation sites excluding steroid dienone is 1. The summed E-state index contributed by atoms with van der Waals surface area (Å²) >= 11 is 5.95. The Balaban J connectivity index is 1.65. The van der Waals surface area contributed by atoms with Crippen LogP contribution in [0.3, 0.4) is 0 Å². The lowest BCUT2D eigenvalue weighted by atomic mass is 10.0. The molecular weight excluding hydrogens is 296 g/mol. The number of rotatable bonds is 4. The second-order valence-electron chi connectivity index (χ2n) is 5.40. The lowest BCUT2D eigenvalue weighted by Crippen LogP contribution is -2.03. The molecule has 2 aromatic rings. The van der Waals surface area contributed by atoms with Crippen LogP contribution >= 0.6 is 11.6 Å². The zero-order valence-corrected chi connectivity index (χ0v) is 12.9. The normalized spacial score (nSPS) is 15.0. The lowest BCUT2D eigenvalue weighted by Gasteiger charge is -2.02. The Morgan fingerprint density at radius 1 is 1.18 bits per heavy atom. The maximum Gasteiger partial charge on any atom is 0.256 e. The fourth-order valence-electron chi connectivity index (χ4n) is 2.67. The maximum absolute atomic E-state index is 12.0. The Hall–Kier alpha value is -2.26. The Bertz CT molecular complexity index is 753. The van der Waals surface area contributed by atoms with Crippen molar-refractivity contribution >= 4 is 34.5 Å². The second kappa shape index (κ2) is 6.24. The van der Waals surface area contributed by atoms with Gasteiger partial charge in [-0.15, -0.1) is 0 Å². The number of hydrogen-bond donors (Lipinski definition) is 2. The number of anilines is 2. The van der Waals surface area contributed by atoms with Gasteiger partial charge in [-0.3, -0.25) is 4.79 Å². The zero-order valence-electron chi connectivity index (χ0n) is 12.1. The SMILES string of the molecule is Nc1cccc(CCC/C=C2/C(=O)Nc3cc(Cl)ccc32)c1. The molecule has 0 saturated heterocycles. The molecule has 0 atom stereocenters. The van der Waals surface area contributed by atoms with Gasteiger partial charge in [0.05, 0.1) is 5.69 Å². The molecule has 1 heterocycles. The monoisotopic (exact) mass is 312 g/mol. The first-order valence-corrected chi connectivity index (χ1v) is 7.67. The van der Waals surface area contributed by atoms with Crippen LogP contribution in [0, 0.1) is 0 Å². The topological polar surface area (TPSA) is 55.1 Å². The van der Waals surface area contributed by atoms with E-state index in [1.165, 1.54) is 5.56 Å². The van der Waals surface area contributed by atoms with Crippen LogP contribution in [0.2, 0.25) is 5.02 Å². The zero-order chi connectivity index (χ0) is 15.5. The number of unbranched alkanes of at least 4 members (excludes halogenated alkanes) is 1. The first kappa shape index (κ1) is 14.7. The third-order valence-electron chi connectivity index (χ3n) is 3.73. The summed E-state index contributed by atoms with van der Waals surface area (Å²) in [5.74, 6) is -0.0544. The van der Waals surface area contributed by atoms with Crippen molar-refractivity contribution in [1.29, 1.82) is 0 Å². The van der Waals surface area contributed by atoms with Crippen LogP contribution in [0.1, 0.15) is 24.0 Å². The van der Waals surface area contributed by atoms with E-state index in [9.17, 15) is 4.79 Å². The fourth-order valence-corrected chi connectivity index (χ4v) is 2.84. The van der Waals surface area contributed by atoms with Crippen LogP contribution in [0.5, 0.6) is 0 Å².